The second-order valence-corrected chi connectivity index (χ2v) is 7.30. The topological polar surface area (TPSA) is 89.9 Å². The quantitative estimate of drug-likeness (QED) is 0.794. The molecule has 0 aromatic heterocycles. The molecule has 1 aliphatic rings. The smallest absolute Gasteiger partial charge is 0.330 e. The predicted octanol–water partition coefficient (Wildman–Crippen LogP) is 2.75. The van der Waals surface area contributed by atoms with E-state index in [1.165, 1.54) is 11.6 Å². The Morgan fingerprint density at radius 3 is 2.42 bits per heavy atom. The molecule has 0 amide bonds. The van der Waals surface area contributed by atoms with Gasteiger partial charge in [0.15, 0.2) is 0 Å². The van der Waals surface area contributed by atoms with Crippen LogP contribution < -0.4 is 9.03 Å². The molecule has 2 aromatic rings. The fourth-order valence-corrected chi connectivity index (χ4v) is 3.77. The molecule has 24 heavy (non-hydrogen) atoms. The normalized spacial score (nSPS) is 17.2. The monoisotopic (exact) mass is 346 g/mol. The molecule has 0 bridgehead atoms. The van der Waals surface area contributed by atoms with E-state index in [1.54, 1.807) is 12.1 Å². The fraction of sp³-hybridized carbons (Fsp3) is 0.176. The van der Waals surface area contributed by atoms with Crippen molar-refractivity contribution in [1.82, 2.24) is 4.72 Å². The van der Waals surface area contributed by atoms with Gasteiger partial charge >= 0.3 is 10.2 Å². The number of aliphatic hydroxyl groups is 1. The van der Waals surface area contributed by atoms with Gasteiger partial charge in [-0.2, -0.15) is 8.42 Å². The van der Waals surface area contributed by atoms with E-state index in [-0.39, 0.29) is 17.4 Å². The van der Waals surface area contributed by atoms with Crippen LogP contribution in [0.25, 0.3) is 0 Å². The van der Waals surface area contributed by atoms with Gasteiger partial charge in [0.25, 0.3) is 0 Å². The van der Waals surface area contributed by atoms with Crippen LogP contribution in [0.3, 0.4) is 0 Å². The molecule has 1 unspecified atom stereocenters. The van der Waals surface area contributed by atoms with E-state index < -0.39 is 16.1 Å². The average molecular weight is 346 g/mol. The highest BCUT2D eigenvalue weighted by Crippen LogP contribution is 2.34. The highest BCUT2D eigenvalue weighted by atomic mass is 32.2. The van der Waals surface area contributed by atoms with Gasteiger partial charge in [-0.25, -0.2) is 9.03 Å². The van der Waals surface area contributed by atoms with Crippen LogP contribution in [-0.2, 0) is 16.6 Å². The zero-order valence-electron chi connectivity index (χ0n) is 13.0. The molecule has 0 saturated heterocycles. The zero-order valence-corrected chi connectivity index (χ0v) is 13.9. The van der Waals surface area contributed by atoms with Crippen molar-refractivity contribution in [2.75, 3.05) is 4.31 Å². The summed E-state index contributed by atoms with van der Waals surface area (Å²) in [5.41, 5.74) is 2.17. The Bertz CT molecular complexity index is 879. The molecule has 1 aliphatic heterocycles. The van der Waals surface area contributed by atoms with Gasteiger partial charge in [0.2, 0.25) is 5.88 Å². The summed E-state index contributed by atoms with van der Waals surface area (Å²) in [6.07, 6.45) is 1.82. The van der Waals surface area contributed by atoms with Crippen LogP contribution in [0.1, 0.15) is 24.0 Å². The average Bonchev–Trinajstić information content (AvgIpc) is 2.80. The number of anilines is 1. The SMILES string of the molecule is CC(Cc1ccccc1)c1ccc(N2C=C(O)NS2(=O)=O)c(O)c1. The Labute approximate surface area is 140 Å². The third-order valence-corrected chi connectivity index (χ3v) is 5.21. The van der Waals surface area contributed by atoms with Crippen molar-refractivity contribution >= 4 is 15.9 Å². The Morgan fingerprint density at radius 1 is 1.12 bits per heavy atom. The Kier molecular flexibility index (Phi) is 4.11. The maximum Gasteiger partial charge on any atom is 0.330 e. The van der Waals surface area contributed by atoms with Crippen LogP contribution in [0.5, 0.6) is 5.75 Å². The number of benzene rings is 2. The molecule has 0 spiro atoms. The summed E-state index contributed by atoms with van der Waals surface area (Å²) >= 11 is 0. The van der Waals surface area contributed by atoms with Crippen molar-refractivity contribution in [1.29, 1.82) is 0 Å². The van der Waals surface area contributed by atoms with Gasteiger partial charge in [-0.05, 0) is 35.6 Å². The first-order valence-electron chi connectivity index (χ1n) is 7.46. The molecule has 7 heteroatoms. The zero-order chi connectivity index (χ0) is 17.3. The van der Waals surface area contributed by atoms with Gasteiger partial charge < -0.3 is 10.2 Å². The van der Waals surface area contributed by atoms with Crippen LogP contribution in [0.4, 0.5) is 5.69 Å². The number of phenolic OH excluding ortho intramolecular Hbond substituents is 1. The Balaban J connectivity index is 1.85. The summed E-state index contributed by atoms with van der Waals surface area (Å²) in [5.74, 6) is -0.496. The van der Waals surface area contributed by atoms with Gasteiger partial charge in [-0.1, -0.05) is 43.3 Å². The van der Waals surface area contributed by atoms with Crippen LogP contribution >= 0.6 is 0 Å². The van der Waals surface area contributed by atoms with Gasteiger partial charge in [-0.3, -0.25) is 0 Å². The lowest BCUT2D eigenvalue weighted by Crippen LogP contribution is -2.29. The van der Waals surface area contributed by atoms with E-state index in [2.05, 4.69) is 0 Å². The molecule has 3 N–H and O–H groups in total. The van der Waals surface area contributed by atoms with E-state index in [9.17, 15) is 18.6 Å². The Morgan fingerprint density at radius 2 is 1.83 bits per heavy atom. The first-order chi connectivity index (χ1) is 11.4. The second-order valence-electron chi connectivity index (χ2n) is 5.76. The number of aliphatic hydroxyl groups excluding tert-OH is 1. The summed E-state index contributed by atoms with van der Waals surface area (Å²) in [5, 5.41) is 19.6. The molecular formula is C17H18N2O4S. The van der Waals surface area contributed by atoms with Crippen LogP contribution in [-0.4, -0.2) is 18.6 Å². The van der Waals surface area contributed by atoms with E-state index in [0.29, 0.717) is 0 Å². The maximum absolute atomic E-state index is 11.9. The van der Waals surface area contributed by atoms with Crippen molar-refractivity contribution in [2.45, 2.75) is 19.3 Å². The summed E-state index contributed by atoms with van der Waals surface area (Å²) in [7, 11) is -3.91. The molecule has 3 rings (SSSR count). The standard InChI is InChI=1S/C17H18N2O4S/c1-12(9-13-5-3-2-4-6-13)14-7-8-15(16(20)10-14)19-11-17(21)18-24(19,22)23/h2-8,10-12,18,20-21H,9H2,1H3. The first-order valence-corrected chi connectivity index (χ1v) is 8.90. The summed E-state index contributed by atoms with van der Waals surface area (Å²) in [6.45, 7) is 2.04. The van der Waals surface area contributed by atoms with Crippen molar-refractivity contribution in [3.63, 3.8) is 0 Å². The number of phenols is 1. The number of rotatable bonds is 4. The number of hydrogen-bond acceptors (Lipinski definition) is 4. The third-order valence-electron chi connectivity index (χ3n) is 3.92. The molecular weight excluding hydrogens is 328 g/mol. The summed E-state index contributed by atoms with van der Waals surface area (Å²) in [4.78, 5) is 0. The van der Waals surface area contributed by atoms with Crippen molar-refractivity contribution in [3.8, 4) is 5.75 Å². The van der Waals surface area contributed by atoms with E-state index in [0.717, 1.165) is 22.5 Å². The summed E-state index contributed by atoms with van der Waals surface area (Å²) < 4.78 is 26.5. The van der Waals surface area contributed by atoms with E-state index >= 15 is 0 Å². The van der Waals surface area contributed by atoms with E-state index in [1.807, 2.05) is 42.0 Å². The molecule has 6 nitrogen and oxygen atoms in total. The minimum atomic E-state index is -3.91. The molecule has 0 radical (unpaired) electrons. The van der Waals surface area contributed by atoms with Gasteiger partial charge in [-0.15, -0.1) is 0 Å². The van der Waals surface area contributed by atoms with Crippen LogP contribution in [0.15, 0.2) is 60.6 Å². The van der Waals surface area contributed by atoms with Gasteiger partial charge in [0.05, 0.1) is 6.20 Å². The lowest BCUT2D eigenvalue weighted by molar-refractivity contribution is 0.392. The number of nitrogens with one attached hydrogen (secondary N) is 1. The van der Waals surface area contributed by atoms with Gasteiger partial charge in [0.1, 0.15) is 11.4 Å². The highest BCUT2D eigenvalue weighted by Gasteiger charge is 2.30. The molecule has 0 saturated carbocycles. The maximum atomic E-state index is 11.9. The van der Waals surface area contributed by atoms with E-state index in [4.69, 9.17) is 0 Å². The highest BCUT2D eigenvalue weighted by molar-refractivity contribution is 7.91. The molecule has 1 atom stereocenters. The predicted molar refractivity (Wildman–Crippen MR) is 91.9 cm³/mol. The van der Waals surface area contributed by atoms with Crippen LogP contribution in [0, 0.1) is 0 Å². The van der Waals surface area contributed by atoms with Crippen molar-refractivity contribution in [3.05, 3.63) is 71.7 Å². The van der Waals surface area contributed by atoms with Crippen molar-refractivity contribution in [2.24, 2.45) is 0 Å². The molecule has 126 valence electrons. The molecule has 0 aliphatic carbocycles. The largest absolute Gasteiger partial charge is 0.506 e. The van der Waals surface area contributed by atoms with Crippen LogP contribution in [0.2, 0.25) is 0 Å². The third kappa shape index (κ3) is 3.16. The first kappa shape index (κ1) is 16.2. The summed E-state index contributed by atoms with van der Waals surface area (Å²) in [6, 6.07) is 14.9. The number of hydrogen-bond donors (Lipinski definition) is 3. The lowest BCUT2D eigenvalue weighted by Gasteiger charge is -2.18. The molecule has 1 heterocycles. The second kappa shape index (κ2) is 6.09. The van der Waals surface area contributed by atoms with Crippen molar-refractivity contribution < 1.29 is 18.6 Å². The molecule has 2 aromatic carbocycles. The Hall–Kier alpha value is -2.67. The minimum Gasteiger partial charge on any atom is -0.506 e. The van der Waals surface area contributed by atoms with Gasteiger partial charge in [0, 0.05) is 0 Å². The number of nitrogens with zero attached hydrogens (tertiary/aromatic N) is 1. The lowest BCUT2D eigenvalue weighted by atomic mass is 9.93. The molecule has 0 fully saturated rings. The number of aromatic hydroxyl groups is 1. The minimum absolute atomic E-state index is 0.0854. The fourth-order valence-electron chi connectivity index (χ4n) is 2.71.